The van der Waals surface area contributed by atoms with Crippen LogP contribution in [0.4, 0.5) is 10.1 Å². The summed E-state index contributed by atoms with van der Waals surface area (Å²) in [6, 6.07) is 11.6. The second-order valence-electron chi connectivity index (χ2n) is 6.00. The lowest BCUT2D eigenvalue weighted by molar-refractivity contribution is 0.0901. The molecule has 0 fully saturated rings. The predicted octanol–water partition coefficient (Wildman–Crippen LogP) is 3.34. The summed E-state index contributed by atoms with van der Waals surface area (Å²) >= 11 is 6.01. The van der Waals surface area contributed by atoms with Crippen molar-refractivity contribution in [2.24, 2.45) is 0 Å². The average Bonchev–Trinajstić information content (AvgIpc) is 3.22. The van der Waals surface area contributed by atoms with Gasteiger partial charge in [-0.1, -0.05) is 11.6 Å². The molecule has 29 heavy (non-hydrogen) atoms. The van der Waals surface area contributed by atoms with Gasteiger partial charge in [0.15, 0.2) is 0 Å². The van der Waals surface area contributed by atoms with Crippen molar-refractivity contribution in [3.8, 4) is 0 Å². The number of halogens is 2. The van der Waals surface area contributed by atoms with Crippen LogP contribution >= 0.6 is 11.6 Å². The molecule has 0 saturated heterocycles. The molecule has 152 valence electrons. The Hall–Kier alpha value is -2.88. The zero-order chi connectivity index (χ0) is 21.0. The minimum atomic E-state index is -4.13. The Kier molecular flexibility index (Phi) is 6.21. The molecule has 1 amide bonds. The van der Waals surface area contributed by atoms with Crippen molar-refractivity contribution in [1.29, 1.82) is 0 Å². The number of carbonyl (C=O) groups excluding carboxylic acids is 1. The lowest BCUT2D eigenvalue weighted by Crippen LogP contribution is -2.28. The van der Waals surface area contributed by atoms with Gasteiger partial charge in [0.2, 0.25) is 0 Å². The van der Waals surface area contributed by atoms with Crippen LogP contribution in [0.15, 0.2) is 70.2 Å². The highest BCUT2D eigenvalue weighted by Gasteiger charge is 2.21. The summed E-state index contributed by atoms with van der Waals surface area (Å²) in [6.45, 7) is -0.134. The molecule has 1 atom stereocenters. The van der Waals surface area contributed by atoms with Crippen LogP contribution in [0.2, 0.25) is 5.02 Å². The highest BCUT2D eigenvalue weighted by molar-refractivity contribution is 7.92. The molecule has 0 aliphatic rings. The van der Waals surface area contributed by atoms with Crippen LogP contribution < -0.4 is 10.0 Å². The van der Waals surface area contributed by atoms with Crippen molar-refractivity contribution in [2.45, 2.75) is 11.0 Å². The van der Waals surface area contributed by atoms with Crippen LogP contribution in [-0.2, 0) is 10.0 Å². The average molecular weight is 439 g/mol. The van der Waals surface area contributed by atoms with Crippen molar-refractivity contribution in [2.75, 3.05) is 11.3 Å². The largest absolute Gasteiger partial charge is 0.467 e. The summed E-state index contributed by atoms with van der Waals surface area (Å²) in [7, 11) is -4.13. The van der Waals surface area contributed by atoms with E-state index < -0.39 is 27.9 Å². The van der Waals surface area contributed by atoms with Crippen LogP contribution in [-0.4, -0.2) is 26.0 Å². The normalized spacial score (nSPS) is 12.4. The maximum Gasteiger partial charge on any atom is 0.263 e. The fourth-order valence-corrected chi connectivity index (χ4v) is 4.04. The molecule has 0 radical (unpaired) electrons. The molecule has 0 bridgehead atoms. The van der Waals surface area contributed by atoms with Gasteiger partial charge >= 0.3 is 0 Å². The van der Waals surface area contributed by atoms with Gasteiger partial charge in [-0.15, -0.1) is 0 Å². The molecule has 1 unspecified atom stereocenters. The number of rotatable bonds is 7. The smallest absolute Gasteiger partial charge is 0.263 e. The number of furan rings is 1. The van der Waals surface area contributed by atoms with Gasteiger partial charge in [0.05, 0.1) is 17.8 Å². The number of nitrogens with one attached hydrogen (secondary N) is 2. The van der Waals surface area contributed by atoms with Crippen molar-refractivity contribution in [3.63, 3.8) is 0 Å². The molecule has 10 heteroatoms. The van der Waals surface area contributed by atoms with E-state index in [2.05, 4.69) is 10.0 Å². The Morgan fingerprint density at radius 1 is 1.17 bits per heavy atom. The molecule has 1 aromatic heterocycles. The third kappa shape index (κ3) is 5.14. The first-order valence-electron chi connectivity index (χ1n) is 8.34. The molecular formula is C19H16ClFN2O5S. The van der Waals surface area contributed by atoms with Crippen LogP contribution in [0.25, 0.3) is 0 Å². The highest BCUT2D eigenvalue weighted by atomic mass is 35.5. The van der Waals surface area contributed by atoms with Gasteiger partial charge in [0, 0.05) is 11.3 Å². The molecule has 0 aliphatic heterocycles. The number of anilines is 1. The van der Waals surface area contributed by atoms with Gasteiger partial charge < -0.3 is 14.8 Å². The van der Waals surface area contributed by atoms with Crippen molar-refractivity contribution < 1.29 is 27.1 Å². The molecule has 3 N–H and O–H groups in total. The predicted molar refractivity (Wildman–Crippen MR) is 105 cm³/mol. The van der Waals surface area contributed by atoms with Gasteiger partial charge in [-0.25, -0.2) is 12.8 Å². The first-order valence-corrected chi connectivity index (χ1v) is 10.2. The summed E-state index contributed by atoms with van der Waals surface area (Å²) in [5.74, 6) is -0.833. The quantitative estimate of drug-likeness (QED) is 0.524. The van der Waals surface area contributed by atoms with Gasteiger partial charge in [0.1, 0.15) is 22.6 Å². The molecule has 0 spiro atoms. The Morgan fingerprint density at radius 2 is 1.90 bits per heavy atom. The van der Waals surface area contributed by atoms with Gasteiger partial charge in [-0.2, -0.15) is 0 Å². The van der Waals surface area contributed by atoms with Crippen LogP contribution in [0.3, 0.4) is 0 Å². The first kappa shape index (κ1) is 20.8. The maximum atomic E-state index is 13.0. The molecule has 1 heterocycles. The number of sulfonamides is 1. The molecule has 2 aromatic carbocycles. The molecule has 3 aromatic rings. The Balaban J connectivity index is 1.76. The third-order valence-electron chi connectivity index (χ3n) is 3.91. The van der Waals surface area contributed by atoms with Crippen molar-refractivity contribution in [3.05, 3.63) is 83.0 Å². The van der Waals surface area contributed by atoms with E-state index in [0.717, 1.165) is 18.2 Å². The number of hydrogen-bond acceptors (Lipinski definition) is 5. The van der Waals surface area contributed by atoms with Gasteiger partial charge in [-0.05, 0) is 54.6 Å². The minimum Gasteiger partial charge on any atom is -0.467 e. The summed E-state index contributed by atoms with van der Waals surface area (Å²) in [5.41, 5.74) is 0.166. The van der Waals surface area contributed by atoms with Crippen LogP contribution in [0, 0.1) is 5.82 Å². The lowest BCUT2D eigenvalue weighted by atomic mass is 10.2. The van der Waals surface area contributed by atoms with Gasteiger partial charge in [0.25, 0.3) is 15.9 Å². The topological polar surface area (TPSA) is 109 Å². The number of amides is 1. The van der Waals surface area contributed by atoms with E-state index in [1.54, 1.807) is 12.1 Å². The standard InChI is InChI=1S/C19H16ClFN2O5S/c20-15-8-3-12(19(25)22-11-16(24)17-2-1-9-28-17)10-18(15)29(26,27)23-14-6-4-13(21)5-7-14/h1-10,16,23-24H,11H2,(H,22,25). The number of aliphatic hydroxyl groups excluding tert-OH is 1. The number of benzene rings is 2. The summed E-state index contributed by atoms with van der Waals surface area (Å²) < 4.78 is 45.6. The minimum absolute atomic E-state index is 0.0283. The zero-order valence-electron chi connectivity index (χ0n) is 14.8. The second-order valence-corrected chi connectivity index (χ2v) is 8.06. The number of hydrogen-bond donors (Lipinski definition) is 3. The fourth-order valence-electron chi connectivity index (χ4n) is 2.45. The van der Waals surface area contributed by atoms with E-state index in [-0.39, 0.29) is 33.5 Å². The van der Waals surface area contributed by atoms with Crippen LogP contribution in [0.5, 0.6) is 0 Å². The summed E-state index contributed by atoms with van der Waals surface area (Å²) in [5, 5.41) is 12.4. The Bertz CT molecular complexity index is 1100. The molecule has 0 aliphatic carbocycles. The fraction of sp³-hybridized carbons (Fsp3) is 0.105. The summed E-state index contributed by atoms with van der Waals surface area (Å²) in [4.78, 5) is 12.0. The van der Waals surface area contributed by atoms with E-state index in [4.69, 9.17) is 16.0 Å². The van der Waals surface area contributed by atoms with E-state index in [1.807, 2.05) is 0 Å². The van der Waals surface area contributed by atoms with E-state index in [0.29, 0.717) is 0 Å². The van der Waals surface area contributed by atoms with Crippen molar-refractivity contribution in [1.82, 2.24) is 5.32 Å². The first-order chi connectivity index (χ1) is 13.8. The maximum absolute atomic E-state index is 13.0. The Labute approximate surface area is 171 Å². The SMILES string of the molecule is O=C(NCC(O)c1ccco1)c1ccc(Cl)c(S(=O)(=O)Nc2ccc(F)cc2)c1. The summed E-state index contributed by atoms with van der Waals surface area (Å²) in [6.07, 6.45) is 0.342. The van der Waals surface area contributed by atoms with E-state index in [9.17, 15) is 22.7 Å². The number of aliphatic hydroxyl groups is 1. The number of carbonyl (C=O) groups is 1. The monoisotopic (exact) mass is 438 g/mol. The third-order valence-corrected chi connectivity index (χ3v) is 5.77. The van der Waals surface area contributed by atoms with E-state index >= 15 is 0 Å². The zero-order valence-corrected chi connectivity index (χ0v) is 16.4. The lowest BCUT2D eigenvalue weighted by Gasteiger charge is -2.12. The van der Waals surface area contributed by atoms with E-state index in [1.165, 1.54) is 30.5 Å². The van der Waals surface area contributed by atoms with Crippen molar-refractivity contribution >= 4 is 33.2 Å². The molecule has 7 nitrogen and oxygen atoms in total. The Morgan fingerprint density at radius 3 is 2.55 bits per heavy atom. The molecule has 3 rings (SSSR count). The molecule has 0 saturated carbocycles. The van der Waals surface area contributed by atoms with Crippen LogP contribution in [0.1, 0.15) is 22.2 Å². The van der Waals surface area contributed by atoms with Gasteiger partial charge in [-0.3, -0.25) is 9.52 Å². The highest BCUT2D eigenvalue weighted by Crippen LogP contribution is 2.25. The second kappa shape index (κ2) is 8.64. The molecular weight excluding hydrogens is 423 g/mol.